The summed E-state index contributed by atoms with van der Waals surface area (Å²) >= 11 is 6.30. The molecule has 4 aromatic carbocycles. The molecule has 2 saturated heterocycles. The van der Waals surface area contributed by atoms with Crippen LogP contribution in [0.2, 0.25) is 5.02 Å². The summed E-state index contributed by atoms with van der Waals surface area (Å²) in [6, 6.07) is 21.6. The normalized spacial score (nSPS) is 26.5. The number of carbonyl (C=O) groups is 5. The molecule has 2 N–H and O–H groups in total. The average molecular weight is 722 g/mol. The lowest BCUT2D eigenvalue weighted by atomic mass is 9.49. The molecule has 12 heteroatoms. The first-order chi connectivity index (χ1) is 24.9. The lowest BCUT2D eigenvalue weighted by molar-refractivity contribution is -0.138. The number of hydrazine groups is 1. The van der Waals surface area contributed by atoms with E-state index in [1.165, 1.54) is 55.5 Å². The number of aromatic hydroxyl groups is 1. The van der Waals surface area contributed by atoms with E-state index in [1.54, 1.807) is 42.5 Å². The summed E-state index contributed by atoms with van der Waals surface area (Å²) in [5.41, 5.74) is 2.96. The molecule has 1 saturated carbocycles. The van der Waals surface area contributed by atoms with E-state index in [9.17, 15) is 28.7 Å². The molecule has 9 nitrogen and oxygen atoms in total. The third kappa shape index (κ3) is 4.82. The van der Waals surface area contributed by atoms with Gasteiger partial charge >= 0.3 is 0 Å². The molecule has 0 bridgehead atoms. The largest absolute Gasteiger partial charge is 0.505 e. The van der Waals surface area contributed by atoms with Crippen molar-refractivity contribution >= 4 is 52.4 Å². The smallest absolute Gasteiger partial charge is 0.260 e. The maximum absolute atomic E-state index is 15.3. The number of halogens is 3. The quantitative estimate of drug-likeness (QED) is 0.129. The molecule has 4 amide bonds. The van der Waals surface area contributed by atoms with E-state index in [2.05, 4.69) is 5.43 Å². The molecule has 2 aliphatic heterocycles. The maximum Gasteiger partial charge on any atom is 0.260 e. The molecule has 0 radical (unpaired) electrons. The van der Waals surface area contributed by atoms with Crippen molar-refractivity contribution in [1.82, 2.24) is 5.01 Å². The number of nitrogens with zero attached hydrogens (tertiary/aromatic N) is 2. The van der Waals surface area contributed by atoms with E-state index < -0.39 is 76.0 Å². The van der Waals surface area contributed by atoms with Gasteiger partial charge in [0.05, 0.1) is 34.5 Å². The van der Waals surface area contributed by atoms with Crippen molar-refractivity contribution in [1.29, 1.82) is 0 Å². The molecule has 0 unspecified atom stereocenters. The molecule has 6 atom stereocenters. The van der Waals surface area contributed by atoms with Crippen LogP contribution in [0.15, 0.2) is 103 Å². The Labute approximate surface area is 301 Å². The fraction of sp³-hybridized carbons (Fsp3) is 0.225. The van der Waals surface area contributed by atoms with Gasteiger partial charge in [0.15, 0.2) is 17.3 Å². The zero-order valence-corrected chi connectivity index (χ0v) is 28.3. The van der Waals surface area contributed by atoms with Crippen molar-refractivity contribution in [2.24, 2.45) is 23.7 Å². The van der Waals surface area contributed by atoms with Crippen molar-refractivity contribution in [3.8, 4) is 5.75 Å². The fourth-order valence-electron chi connectivity index (χ4n) is 8.86. The number of nitrogens with one attached hydrogen (secondary N) is 1. The summed E-state index contributed by atoms with van der Waals surface area (Å²) in [7, 11) is 0. The first kappa shape index (κ1) is 33.5. The van der Waals surface area contributed by atoms with Crippen LogP contribution in [0.3, 0.4) is 0 Å². The molecule has 2 heterocycles. The van der Waals surface area contributed by atoms with Crippen LogP contribution in [0, 0.1) is 35.3 Å². The first-order valence-electron chi connectivity index (χ1n) is 16.8. The second-order valence-corrected chi connectivity index (χ2v) is 14.1. The van der Waals surface area contributed by atoms with E-state index in [1.807, 2.05) is 0 Å². The summed E-state index contributed by atoms with van der Waals surface area (Å²) in [4.78, 5) is 71.2. The molecule has 2 aliphatic carbocycles. The third-order valence-corrected chi connectivity index (χ3v) is 11.4. The second-order valence-electron chi connectivity index (χ2n) is 13.7. The van der Waals surface area contributed by atoms with Crippen LogP contribution in [0.25, 0.3) is 0 Å². The van der Waals surface area contributed by atoms with Crippen LogP contribution >= 0.6 is 11.6 Å². The Bertz CT molecular complexity index is 2230. The minimum absolute atomic E-state index is 0.0348. The molecule has 0 spiro atoms. The minimum atomic E-state index is -1.77. The van der Waals surface area contributed by atoms with Gasteiger partial charge in [0.25, 0.3) is 11.8 Å². The molecule has 0 aromatic heterocycles. The molecule has 3 fully saturated rings. The topological polar surface area (TPSA) is 124 Å². The van der Waals surface area contributed by atoms with Gasteiger partial charge in [0, 0.05) is 22.1 Å². The van der Waals surface area contributed by atoms with Crippen LogP contribution < -0.4 is 10.3 Å². The Balaban J connectivity index is 1.31. The van der Waals surface area contributed by atoms with Gasteiger partial charge in [-0.25, -0.2) is 8.78 Å². The number of carbonyl (C=O) groups excluding carboxylic acids is 5. The number of anilines is 2. The molecule has 52 heavy (non-hydrogen) atoms. The Morgan fingerprint density at radius 2 is 1.56 bits per heavy atom. The van der Waals surface area contributed by atoms with Crippen LogP contribution in [0.5, 0.6) is 5.75 Å². The summed E-state index contributed by atoms with van der Waals surface area (Å²) in [6.07, 6.45) is 1.86. The predicted molar refractivity (Wildman–Crippen MR) is 186 cm³/mol. The standard InChI is InChI=1S/C40H30ClF2N3O6/c1-20(47)21-5-15-26(16-6-21)45-36(49)28-18-17-27-30(33(28)38(45)51)19-31-37(50)46(44-25-13-11-24(42)12-14-25)39(52)40(31,22-7-9-23(41)10-8-22)34(27)29-3-2-4-32(43)35(29)48/h2-17,28,30-31,33-34,44,48H,18-19H2,1H3/t28-,30+,31-,33-,34+,40+/m0/s1. The highest BCUT2D eigenvalue weighted by atomic mass is 35.5. The first-order valence-corrected chi connectivity index (χ1v) is 17.1. The van der Waals surface area contributed by atoms with E-state index in [0.717, 1.165) is 16.0 Å². The van der Waals surface area contributed by atoms with Gasteiger partial charge in [-0.1, -0.05) is 47.5 Å². The van der Waals surface area contributed by atoms with Crippen molar-refractivity contribution in [3.05, 3.63) is 136 Å². The highest BCUT2D eigenvalue weighted by Gasteiger charge is 2.70. The molecule has 4 aromatic rings. The number of phenols is 1. The monoisotopic (exact) mass is 721 g/mol. The number of ketones is 1. The number of imide groups is 2. The highest BCUT2D eigenvalue weighted by Crippen LogP contribution is 2.65. The molecular weight excluding hydrogens is 692 g/mol. The van der Waals surface area contributed by atoms with E-state index in [-0.39, 0.29) is 29.9 Å². The Kier molecular flexibility index (Phi) is 7.87. The van der Waals surface area contributed by atoms with Crippen molar-refractivity contribution in [3.63, 3.8) is 0 Å². The zero-order valence-electron chi connectivity index (χ0n) is 27.6. The summed E-state index contributed by atoms with van der Waals surface area (Å²) in [6.45, 7) is 1.41. The van der Waals surface area contributed by atoms with E-state index >= 15 is 9.18 Å². The number of phenolic OH excluding ortho intramolecular Hbond substituents is 1. The van der Waals surface area contributed by atoms with Crippen LogP contribution in [-0.4, -0.2) is 39.5 Å². The van der Waals surface area contributed by atoms with Gasteiger partial charge in [-0.05, 0) is 98.0 Å². The van der Waals surface area contributed by atoms with Gasteiger partial charge in [-0.3, -0.25) is 34.3 Å². The third-order valence-electron chi connectivity index (χ3n) is 11.1. The maximum atomic E-state index is 15.3. The number of rotatable bonds is 6. The SMILES string of the molecule is CC(=O)c1ccc(N2C(=O)[C@H]3[C@H](CC=C4[C@H]3C[C@H]3C(=O)N(Nc5ccc(F)cc5)C(=O)[C@@]3(c3ccc(Cl)cc3)[C@H]4c3cccc(F)c3O)C2=O)cc1. The second kappa shape index (κ2) is 12.2. The van der Waals surface area contributed by atoms with Crippen LogP contribution in [0.4, 0.5) is 20.2 Å². The summed E-state index contributed by atoms with van der Waals surface area (Å²) in [5.74, 6) is -9.49. The number of fused-ring (bicyclic) bond motifs is 4. The fourth-order valence-corrected chi connectivity index (χ4v) is 8.99. The number of Topliss-reactive ketones (excluding diaryl/α,β-unsaturated/α-hetero) is 1. The van der Waals surface area contributed by atoms with Crippen molar-refractivity contribution in [2.45, 2.75) is 31.1 Å². The van der Waals surface area contributed by atoms with Crippen LogP contribution in [-0.2, 0) is 24.6 Å². The van der Waals surface area contributed by atoms with E-state index in [0.29, 0.717) is 27.4 Å². The number of allylic oxidation sites excluding steroid dienone is 2. The number of hydrogen-bond donors (Lipinski definition) is 2. The summed E-state index contributed by atoms with van der Waals surface area (Å²) < 4.78 is 29.1. The van der Waals surface area contributed by atoms with Gasteiger partial charge in [0.2, 0.25) is 11.8 Å². The van der Waals surface area contributed by atoms with E-state index in [4.69, 9.17) is 11.6 Å². The predicted octanol–water partition coefficient (Wildman–Crippen LogP) is 6.72. The molecular formula is C40H30ClF2N3O6. The van der Waals surface area contributed by atoms with Gasteiger partial charge in [-0.15, -0.1) is 0 Å². The minimum Gasteiger partial charge on any atom is -0.505 e. The molecule has 8 rings (SSSR count). The average Bonchev–Trinajstić information content (AvgIpc) is 3.51. The number of benzene rings is 4. The highest BCUT2D eigenvalue weighted by molar-refractivity contribution is 6.30. The number of amides is 4. The zero-order chi connectivity index (χ0) is 36.6. The van der Waals surface area contributed by atoms with Gasteiger partial charge in [-0.2, -0.15) is 5.01 Å². The number of para-hydroxylation sites is 1. The van der Waals surface area contributed by atoms with Gasteiger partial charge in [0.1, 0.15) is 5.82 Å². The number of hydrogen-bond acceptors (Lipinski definition) is 7. The Morgan fingerprint density at radius 1 is 0.865 bits per heavy atom. The summed E-state index contributed by atoms with van der Waals surface area (Å²) in [5, 5.41) is 12.6. The van der Waals surface area contributed by atoms with Crippen molar-refractivity contribution in [2.75, 3.05) is 10.3 Å². The van der Waals surface area contributed by atoms with Gasteiger partial charge < -0.3 is 5.11 Å². The molecule has 262 valence electrons. The van der Waals surface area contributed by atoms with Crippen LogP contribution in [0.1, 0.15) is 47.2 Å². The lowest BCUT2D eigenvalue weighted by Gasteiger charge is -2.50. The lowest BCUT2D eigenvalue weighted by Crippen LogP contribution is -2.53. The Morgan fingerprint density at radius 3 is 2.23 bits per heavy atom. The molecule has 4 aliphatic rings. The Hall–Kier alpha value is -5.68. The van der Waals surface area contributed by atoms with Crippen molar-refractivity contribution < 1.29 is 37.9 Å².